The molecule has 3 aromatic rings. The molecule has 0 amide bonds. The Labute approximate surface area is 114 Å². The maximum absolute atomic E-state index is 11.9. The van der Waals surface area contributed by atoms with Gasteiger partial charge >= 0.3 is 11.6 Å². The highest BCUT2D eigenvalue weighted by molar-refractivity contribution is 6.04. The third-order valence-electron chi connectivity index (χ3n) is 3.11. The van der Waals surface area contributed by atoms with Crippen LogP contribution in [0, 0.1) is 0 Å². The summed E-state index contributed by atoms with van der Waals surface area (Å²) in [6.45, 7) is 1.72. The number of rotatable bonds is 2. The molecule has 0 aliphatic heterocycles. The van der Waals surface area contributed by atoms with E-state index < -0.39 is 5.63 Å². The Morgan fingerprint density at radius 1 is 1.10 bits per heavy atom. The van der Waals surface area contributed by atoms with Crippen molar-refractivity contribution in [1.29, 1.82) is 0 Å². The van der Waals surface area contributed by atoms with E-state index in [1.165, 1.54) is 0 Å². The van der Waals surface area contributed by atoms with Crippen molar-refractivity contribution in [3.05, 3.63) is 52.9 Å². The molecule has 0 unspecified atom stereocenters. The van der Waals surface area contributed by atoms with Crippen LogP contribution in [0.2, 0.25) is 0 Å². The quantitative estimate of drug-likeness (QED) is 0.310. The molecular formula is C16H12O4. The van der Waals surface area contributed by atoms with E-state index >= 15 is 0 Å². The number of hydrogen-bond acceptors (Lipinski definition) is 4. The van der Waals surface area contributed by atoms with E-state index in [1.807, 2.05) is 12.1 Å². The molecule has 0 saturated carbocycles. The van der Waals surface area contributed by atoms with Crippen molar-refractivity contribution in [2.45, 2.75) is 13.3 Å². The zero-order valence-electron chi connectivity index (χ0n) is 10.9. The first-order valence-electron chi connectivity index (χ1n) is 6.35. The number of ether oxygens (including phenoxy) is 1. The second-order valence-corrected chi connectivity index (χ2v) is 4.42. The molecule has 0 aliphatic carbocycles. The second-order valence-electron chi connectivity index (χ2n) is 4.42. The highest BCUT2D eigenvalue weighted by Crippen LogP contribution is 2.26. The molecule has 0 atom stereocenters. The molecule has 3 rings (SSSR count). The van der Waals surface area contributed by atoms with Crippen LogP contribution in [0.5, 0.6) is 5.75 Å². The van der Waals surface area contributed by atoms with Crippen LogP contribution < -0.4 is 10.4 Å². The molecule has 1 heterocycles. The summed E-state index contributed by atoms with van der Waals surface area (Å²) in [6.07, 6.45) is 0.291. The first-order valence-corrected chi connectivity index (χ1v) is 6.35. The van der Waals surface area contributed by atoms with Crippen LogP contribution in [-0.4, -0.2) is 5.97 Å². The largest absolute Gasteiger partial charge is 0.426 e. The Morgan fingerprint density at radius 2 is 1.85 bits per heavy atom. The van der Waals surface area contributed by atoms with Gasteiger partial charge in [0.05, 0.1) is 5.39 Å². The summed E-state index contributed by atoms with van der Waals surface area (Å²) in [5.41, 5.74) is 0.0159. The fourth-order valence-corrected chi connectivity index (χ4v) is 2.13. The van der Waals surface area contributed by atoms with Gasteiger partial charge in [-0.1, -0.05) is 25.1 Å². The number of esters is 1. The molecule has 100 valence electrons. The van der Waals surface area contributed by atoms with Gasteiger partial charge < -0.3 is 9.15 Å². The normalized spacial score (nSPS) is 10.8. The average Bonchev–Trinajstić information content (AvgIpc) is 2.47. The van der Waals surface area contributed by atoms with Crippen molar-refractivity contribution in [1.82, 2.24) is 0 Å². The Morgan fingerprint density at radius 3 is 2.60 bits per heavy atom. The van der Waals surface area contributed by atoms with Gasteiger partial charge in [-0.2, -0.15) is 0 Å². The predicted molar refractivity (Wildman–Crippen MR) is 75.9 cm³/mol. The van der Waals surface area contributed by atoms with Gasteiger partial charge in [0.2, 0.25) is 0 Å². The minimum absolute atomic E-state index is 0.291. The Hall–Kier alpha value is -2.62. The maximum Gasteiger partial charge on any atom is 0.344 e. The smallest absolute Gasteiger partial charge is 0.344 e. The zero-order chi connectivity index (χ0) is 14.1. The first kappa shape index (κ1) is 12.4. The second kappa shape index (κ2) is 4.81. The maximum atomic E-state index is 11.9. The third-order valence-corrected chi connectivity index (χ3v) is 3.11. The molecule has 0 spiro atoms. The van der Waals surface area contributed by atoms with Crippen molar-refractivity contribution in [3.8, 4) is 5.75 Å². The summed E-state index contributed by atoms with van der Waals surface area (Å²) in [5.74, 6) is 0.0512. The van der Waals surface area contributed by atoms with Gasteiger partial charge in [-0.25, -0.2) is 4.79 Å². The van der Waals surface area contributed by atoms with Crippen LogP contribution in [0.4, 0.5) is 0 Å². The monoisotopic (exact) mass is 268 g/mol. The molecule has 1 aromatic heterocycles. The lowest BCUT2D eigenvalue weighted by Gasteiger charge is -2.05. The van der Waals surface area contributed by atoms with E-state index in [0.29, 0.717) is 23.1 Å². The van der Waals surface area contributed by atoms with Crippen molar-refractivity contribution in [3.63, 3.8) is 0 Å². The molecule has 4 heteroatoms. The van der Waals surface area contributed by atoms with Crippen LogP contribution in [0.1, 0.15) is 13.3 Å². The summed E-state index contributed by atoms with van der Waals surface area (Å²) >= 11 is 0. The van der Waals surface area contributed by atoms with E-state index in [0.717, 1.165) is 10.8 Å². The molecule has 0 saturated heterocycles. The predicted octanol–water partition coefficient (Wildman–Crippen LogP) is 3.26. The minimum Gasteiger partial charge on any atom is -0.426 e. The lowest BCUT2D eigenvalue weighted by molar-refractivity contribution is -0.134. The fraction of sp³-hybridized carbons (Fsp3) is 0.125. The highest BCUT2D eigenvalue weighted by Gasteiger charge is 2.09. The van der Waals surface area contributed by atoms with Gasteiger partial charge in [0, 0.05) is 17.9 Å². The van der Waals surface area contributed by atoms with Crippen molar-refractivity contribution in [2.24, 2.45) is 0 Å². The summed E-state index contributed by atoms with van der Waals surface area (Å²) < 4.78 is 10.4. The van der Waals surface area contributed by atoms with E-state index in [4.69, 9.17) is 9.15 Å². The average molecular weight is 268 g/mol. The van der Waals surface area contributed by atoms with E-state index in [2.05, 4.69) is 0 Å². The molecule has 0 aliphatic rings. The van der Waals surface area contributed by atoms with Crippen molar-refractivity contribution in [2.75, 3.05) is 0 Å². The van der Waals surface area contributed by atoms with Crippen LogP contribution in [-0.2, 0) is 4.79 Å². The molecule has 0 bridgehead atoms. The van der Waals surface area contributed by atoms with Gasteiger partial charge in [0.1, 0.15) is 11.3 Å². The molecular weight excluding hydrogens is 256 g/mol. The van der Waals surface area contributed by atoms with Crippen molar-refractivity contribution < 1.29 is 13.9 Å². The molecule has 4 nitrogen and oxygen atoms in total. The van der Waals surface area contributed by atoms with Gasteiger partial charge in [-0.05, 0) is 23.6 Å². The highest BCUT2D eigenvalue weighted by atomic mass is 16.5. The molecule has 0 N–H and O–H groups in total. The molecule has 0 fully saturated rings. The summed E-state index contributed by atoms with van der Waals surface area (Å²) in [5, 5.41) is 2.18. The number of carbonyl (C=O) groups is 1. The first-order chi connectivity index (χ1) is 9.69. The topological polar surface area (TPSA) is 56.5 Å². The number of benzene rings is 2. The SMILES string of the molecule is CCC(=O)Oc1ccc2c(c1)oc(=O)c1ccccc12. The standard InChI is InChI=1S/C16H12O4/c1-2-15(17)19-10-7-8-12-11-5-3-4-6-13(11)16(18)20-14(12)9-10/h3-9H,2H2,1H3. The zero-order valence-corrected chi connectivity index (χ0v) is 10.9. The van der Waals surface area contributed by atoms with Gasteiger partial charge in [0.25, 0.3) is 0 Å². The Kier molecular flexibility index (Phi) is 2.99. The summed E-state index contributed by atoms with van der Waals surface area (Å²) in [4.78, 5) is 23.2. The van der Waals surface area contributed by atoms with Crippen LogP contribution in [0.15, 0.2) is 51.7 Å². The Bertz CT molecular complexity index is 861. The fourth-order valence-electron chi connectivity index (χ4n) is 2.13. The van der Waals surface area contributed by atoms with Crippen LogP contribution >= 0.6 is 0 Å². The van der Waals surface area contributed by atoms with Crippen LogP contribution in [0.3, 0.4) is 0 Å². The van der Waals surface area contributed by atoms with Gasteiger partial charge in [-0.3, -0.25) is 4.79 Å². The van der Waals surface area contributed by atoms with Crippen molar-refractivity contribution >= 4 is 27.7 Å². The molecule has 0 radical (unpaired) electrons. The summed E-state index contributed by atoms with van der Waals surface area (Å²) in [6, 6.07) is 12.3. The lowest BCUT2D eigenvalue weighted by atomic mass is 10.1. The van der Waals surface area contributed by atoms with Gasteiger partial charge in [0.15, 0.2) is 0 Å². The lowest BCUT2D eigenvalue weighted by Crippen LogP contribution is -2.05. The molecule has 20 heavy (non-hydrogen) atoms. The van der Waals surface area contributed by atoms with E-state index in [-0.39, 0.29) is 5.97 Å². The number of carbonyl (C=O) groups excluding carboxylic acids is 1. The third kappa shape index (κ3) is 2.05. The summed E-state index contributed by atoms with van der Waals surface area (Å²) in [7, 11) is 0. The number of hydrogen-bond donors (Lipinski definition) is 0. The van der Waals surface area contributed by atoms with Crippen LogP contribution in [0.25, 0.3) is 21.7 Å². The minimum atomic E-state index is -0.396. The van der Waals surface area contributed by atoms with E-state index in [9.17, 15) is 9.59 Å². The van der Waals surface area contributed by atoms with Gasteiger partial charge in [-0.15, -0.1) is 0 Å². The Balaban J connectivity index is 2.23. The number of fused-ring (bicyclic) bond motifs is 3. The molecule has 2 aromatic carbocycles. The van der Waals surface area contributed by atoms with E-state index in [1.54, 1.807) is 37.3 Å².